The molecular formula is C31H56. The van der Waals surface area contributed by atoms with Gasteiger partial charge in [-0.2, -0.15) is 0 Å². The van der Waals surface area contributed by atoms with Crippen molar-refractivity contribution >= 4 is 0 Å². The third-order valence-corrected chi connectivity index (χ3v) is 6.96. The van der Waals surface area contributed by atoms with Crippen LogP contribution in [0.5, 0.6) is 0 Å². The highest BCUT2D eigenvalue weighted by Crippen LogP contribution is 2.25. The molecule has 0 aromatic heterocycles. The first-order valence-corrected chi connectivity index (χ1v) is 14.3. The van der Waals surface area contributed by atoms with Crippen molar-refractivity contribution in [2.45, 2.75) is 163 Å². The second-order valence-corrected chi connectivity index (χ2v) is 10.1. The molecule has 0 amide bonds. The number of hydrogen-bond acceptors (Lipinski definition) is 0. The second kappa shape index (κ2) is 19.9. The second-order valence-electron chi connectivity index (χ2n) is 10.1. The van der Waals surface area contributed by atoms with E-state index < -0.39 is 0 Å². The molecule has 31 heavy (non-hydrogen) atoms. The van der Waals surface area contributed by atoms with Crippen molar-refractivity contribution in [1.29, 1.82) is 0 Å². The van der Waals surface area contributed by atoms with Crippen LogP contribution in [0.1, 0.15) is 159 Å². The summed E-state index contributed by atoms with van der Waals surface area (Å²) in [5, 5.41) is 0. The third kappa shape index (κ3) is 14.1. The fourth-order valence-corrected chi connectivity index (χ4v) is 5.01. The highest BCUT2D eigenvalue weighted by Gasteiger charge is 2.10. The molecule has 0 heterocycles. The van der Waals surface area contributed by atoms with Crippen molar-refractivity contribution in [3.63, 3.8) is 0 Å². The van der Waals surface area contributed by atoms with Crippen LogP contribution >= 0.6 is 0 Å². The molecular weight excluding hydrogens is 372 g/mol. The Hall–Kier alpha value is -0.780. The lowest BCUT2D eigenvalue weighted by atomic mass is 9.88. The van der Waals surface area contributed by atoms with Crippen LogP contribution < -0.4 is 0 Å². The zero-order valence-electron chi connectivity index (χ0n) is 22.0. The van der Waals surface area contributed by atoms with Gasteiger partial charge in [0.15, 0.2) is 0 Å². The first-order chi connectivity index (χ1) is 15.2. The smallest absolute Gasteiger partial charge is 0.0273 e. The topological polar surface area (TPSA) is 0 Å². The summed E-state index contributed by atoms with van der Waals surface area (Å²) in [6.45, 7) is 9.26. The summed E-state index contributed by atoms with van der Waals surface area (Å²) < 4.78 is 0. The van der Waals surface area contributed by atoms with E-state index in [0.717, 1.165) is 0 Å². The highest BCUT2D eigenvalue weighted by atomic mass is 14.2. The van der Waals surface area contributed by atoms with E-state index in [1.54, 1.807) is 16.7 Å². The number of hydrogen-bond donors (Lipinski definition) is 0. The van der Waals surface area contributed by atoms with Gasteiger partial charge in [0.25, 0.3) is 0 Å². The van der Waals surface area contributed by atoms with Crippen LogP contribution in [0, 0.1) is 6.92 Å². The molecule has 0 aliphatic heterocycles. The zero-order chi connectivity index (χ0) is 22.6. The summed E-state index contributed by atoms with van der Waals surface area (Å²) in [6, 6.07) is 5.06. The molecule has 0 radical (unpaired) electrons. The van der Waals surface area contributed by atoms with Crippen LogP contribution in [0.4, 0.5) is 0 Å². The van der Waals surface area contributed by atoms with E-state index in [9.17, 15) is 0 Å². The summed E-state index contributed by atoms with van der Waals surface area (Å²) >= 11 is 0. The summed E-state index contributed by atoms with van der Waals surface area (Å²) in [7, 11) is 0. The van der Waals surface area contributed by atoms with Crippen molar-refractivity contribution in [3.05, 3.63) is 34.4 Å². The molecule has 180 valence electrons. The lowest BCUT2D eigenvalue weighted by Crippen LogP contribution is -2.03. The van der Waals surface area contributed by atoms with Crippen LogP contribution in [0.3, 0.4) is 0 Å². The fourth-order valence-electron chi connectivity index (χ4n) is 5.01. The van der Waals surface area contributed by atoms with Gasteiger partial charge >= 0.3 is 0 Å². The van der Waals surface area contributed by atoms with E-state index in [0.29, 0.717) is 0 Å². The first-order valence-electron chi connectivity index (χ1n) is 14.3. The zero-order valence-corrected chi connectivity index (χ0v) is 22.0. The maximum atomic E-state index is 2.53. The van der Waals surface area contributed by atoms with Crippen molar-refractivity contribution < 1.29 is 0 Å². The van der Waals surface area contributed by atoms with Gasteiger partial charge in [-0.1, -0.05) is 135 Å². The predicted octanol–water partition coefficient (Wildman–Crippen LogP) is 10.7. The molecule has 0 saturated heterocycles. The van der Waals surface area contributed by atoms with Crippen LogP contribution in [-0.4, -0.2) is 0 Å². The quantitative estimate of drug-likeness (QED) is 0.171. The summed E-state index contributed by atoms with van der Waals surface area (Å²) in [4.78, 5) is 0. The van der Waals surface area contributed by atoms with Crippen LogP contribution in [-0.2, 0) is 19.3 Å². The lowest BCUT2D eigenvalue weighted by molar-refractivity contribution is 0.593. The highest BCUT2D eigenvalue weighted by molar-refractivity contribution is 5.39. The molecule has 0 bridgehead atoms. The molecule has 0 aliphatic rings. The lowest BCUT2D eigenvalue weighted by Gasteiger charge is -2.17. The van der Waals surface area contributed by atoms with Crippen molar-refractivity contribution in [2.24, 2.45) is 0 Å². The minimum absolute atomic E-state index is 1.31. The largest absolute Gasteiger partial charge is 0.0654 e. The van der Waals surface area contributed by atoms with E-state index in [1.807, 2.05) is 0 Å². The van der Waals surface area contributed by atoms with Gasteiger partial charge in [-0.3, -0.25) is 0 Å². The SMILES string of the molecule is CCCCCCCCc1cc(C)cc(CCCCCCCC)c1CCCCCCCC. The molecule has 0 saturated carbocycles. The third-order valence-electron chi connectivity index (χ3n) is 6.96. The molecule has 0 heteroatoms. The van der Waals surface area contributed by atoms with Crippen LogP contribution in [0.2, 0.25) is 0 Å². The Morgan fingerprint density at radius 2 is 0.742 bits per heavy atom. The standard InChI is InChI=1S/C31H56/c1-5-8-11-14-17-20-23-29-26-28(4)27-30(24-21-18-15-12-9-6-2)31(29)25-22-19-16-13-10-7-3/h26-27H,5-25H2,1-4H3. The molecule has 0 spiro atoms. The fraction of sp³-hybridized carbons (Fsp3) is 0.806. The van der Waals surface area contributed by atoms with Crippen LogP contribution in [0.25, 0.3) is 0 Å². The monoisotopic (exact) mass is 428 g/mol. The summed E-state index contributed by atoms with van der Waals surface area (Å²) in [5.41, 5.74) is 6.65. The molecule has 1 aromatic rings. The minimum atomic E-state index is 1.31. The maximum absolute atomic E-state index is 2.53. The predicted molar refractivity (Wildman–Crippen MR) is 142 cm³/mol. The van der Waals surface area contributed by atoms with Crippen molar-refractivity contribution in [1.82, 2.24) is 0 Å². The van der Waals surface area contributed by atoms with Gasteiger partial charge in [-0.25, -0.2) is 0 Å². The van der Waals surface area contributed by atoms with Gasteiger partial charge in [0.2, 0.25) is 0 Å². The molecule has 0 N–H and O–H groups in total. The van der Waals surface area contributed by atoms with E-state index in [1.165, 1.54) is 140 Å². The number of unbranched alkanes of at least 4 members (excludes halogenated alkanes) is 15. The normalized spacial score (nSPS) is 11.4. The van der Waals surface area contributed by atoms with Crippen LogP contribution in [0.15, 0.2) is 12.1 Å². The van der Waals surface area contributed by atoms with E-state index in [2.05, 4.69) is 39.8 Å². The summed E-state index contributed by atoms with van der Waals surface area (Å²) in [6.07, 6.45) is 29.2. The number of aryl methyl sites for hydroxylation is 3. The Bertz CT molecular complexity index is 490. The molecule has 0 fully saturated rings. The maximum Gasteiger partial charge on any atom is -0.0273 e. The van der Waals surface area contributed by atoms with E-state index in [4.69, 9.17) is 0 Å². The Balaban J connectivity index is 2.66. The minimum Gasteiger partial charge on any atom is -0.0654 e. The molecule has 0 unspecified atom stereocenters. The van der Waals surface area contributed by atoms with Crippen molar-refractivity contribution in [3.8, 4) is 0 Å². The van der Waals surface area contributed by atoms with Crippen molar-refractivity contribution in [2.75, 3.05) is 0 Å². The average Bonchev–Trinajstić information content (AvgIpc) is 2.76. The molecule has 1 aromatic carbocycles. The van der Waals surface area contributed by atoms with Gasteiger partial charge in [0.05, 0.1) is 0 Å². The van der Waals surface area contributed by atoms with Gasteiger partial charge in [0, 0.05) is 0 Å². The Labute approximate surface area is 197 Å². The van der Waals surface area contributed by atoms with Gasteiger partial charge in [-0.05, 0) is 62.1 Å². The van der Waals surface area contributed by atoms with E-state index in [-0.39, 0.29) is 0 Å². The molecule has 0 nitrogen and oxygen atoms in total. The average molecular weight is 429 g/mol. The molecule has 1 rings (SSSR count). The Morgan fingerprint density at radius 3 is 1.13 bits per heavy atom. The number of benzene rings is 1. The Kier molecular flexibility index (Phi) is 18.1. The molecule has 0 aliphatic carbocycles. The first kappa shape index (κ1) is 28.3. The van der Waals surface area contributed by atoms with Gasteiger partial charge < -0.3 is 0 Å². The molecule has 0 atom stereocenters. The van der Waals surface area contributed by atoms with E-state index >= 15 is 0 Å². The van der Waals surface area contributed by atoms with Gasteiger partial charge in [-0.15, -0.1) is 0 Å². The van der Waals surface area contributed by atoms with Gasteiger partial charge in [0.1, 0.15) is 0 Å². The Morgan fingerprint density at radius 1 is 0.419 bits per heavy atom. The number of rotatable bonds is 21. The summed E-state index contributed by atoms with van der Waals surface area (Å²) in [5.74, 6) is 0.